The van der Waals surface area contributed by atoms with Crippen molar-refractivity contribution < 1.29 is 9.59 Å². The van der Waals surface area contributed by atoms with Crippen LogP contribution in [0.25, 0.3) is 0 Å². The summed E-state index contributed by atoms with van der Waals surface area (Å²) in [5, 5.41) is 3.25. The largest absolute Gasteiger partial charge is 0.346 e. The van der Waals surface area contributed by atoms with Gasteiger partial charge in [0.2, 0.25) is 11.8 Å². The van der Waals surface area contributed by atoms with Crippen molar-refractivity contribution in [2.24, 2.45) is 0 Å². The van der Waals surface area contributed by atoms with Crippen LogP contribution < -0.4 is 5.32 Å². The van der Waals surface area contributed by atoms with Gasteiger partial charge in [-0.25, -0.2) is 0 Å². The van der Waals surface area contributed by atoms with Crippen LogP contribution >= 0.6 is 0 Å². The average molecular weight is 301 g/mol. The molecular weight excluding hydrogens is 266 g/mol. The molecule has 0 radical (unpaired) electrons. The van der Waals surface area contributed by atoms with E-state index in [0.717, 1.165) is 39.0 Å². The van der Waals surface area contributed by atoms with E-state index in [0.29, 0.717) is 12.8 Å². The van der Waals surface area contributed by atoms with Gasteiger partial charge < -0.3 is 15.1 Å². The molecule has 0 bridgehead atoms. The van der Waals surface area contributed by atoms with E-state index in [9.17, 15) is 9.59 Å². The van der Waals surface area contributed by atoms with Crippen LogP contribution in [0.4, 0.5) is 0 Å². The molecule has 0 spiro atoms. The molecule has 0 aliphatic carbocycles. The Kier molecular flexibility index (Phi) is 16.2. The van der Waals surface area contributed by atoms with E-state index in [1.54, 1.807) is 9.80 Å². The molecule has 2 amide bonds. The first-order chi connectivity index (χ1) is 9.94. The lowest BCUT2D eigenvalue weighted by Gasteiger charge is -2.16. The molecule has 0 unspecified atom stereocenters. The van der Waals surface area contributed by atoms with Gasteiger partial charge in [-0.2, -0.15) is 0 Å². The second-order valence-electron chi connectivity index (χ2n) is 5.09. The van der Waals surface area contributed by atoms with Gasteiger partial charge in [-0.1, -0.05) is 27.7 Å². The molecular formula is C16H35N3O2. The van der Waals surface area contributed by atoms with Crippen LogP contribution in [0.5, 0.6) is 0 Å². The van der Waals surface area contributed by atoms with Crippen molar-refractivity contribution in [3.63, 3.8) is 0 Å². The smallest absolute Gasteiger partial charge is 0.222 e. The maximum absolute atomic E-state index is 11.1. The number of rotatable bonds is 9. The number of nitrogens with one attached hydrogen (secondary N) is 1. The standard InChI is InChI=1S/C9H20N2O.C7H15NO/c1-4-6-10-7-8-11(3)9(12)5-2;1-4-6-8(3)7(9)5-2/h10H,4-8H2,1-3H3;4-6H2,1-3H3. The summed E-state index contributed by atoms with van der Waals surface area (Å²) in [6, 6.07) is 0. The minimum atomic E-state index is 0.216. The first-order valence-corrected chi connectivity index (χ1v) is 8.12. The Balaban J connectivity index is 0. The summed E-state index contributed by atoms with van der Waals surface area (Å²) >= 11 is 0. The summed E-state index contributed by atoms with van der Waals surface area (Å²) < 4.78 is 0. The van der Waals surface area contributed by atoms with Crippen LogP contribution in [-0.2, 0) is 9.59 Å². The Morgan fingerprint density at radius 1 is 0.762 bits per heavy atom. The molecule has 0 aliphatic rings. The van der Waals surface area contributed by atoms with Crippen LogP contribution in [0.3, 0.4) is 0 Å². The van der Waals surface area contributed by atoms with Gasteiger partial charge in [0, 0.05) is 46.6 Å². The number of carbonyl (C=O) groups is 2. The molecule has 0 aliphatic heterocycles. The Morgan fingerprint density at radius 3 is 1.62 bits per heavy atom. The molecule has 5 heteroatoms. The molecule has 0 aromatic heterocycles. The fourth-order valence-corrected chi connectivity index (χ4v) is 1.67. The highest BCUT2D eigenvalue weighted by Gasteiger charge is 2.03. The van der Waals surface area contributed by atoms with Gasteiger partial charge >= 0.3 is 0 Å². The van der Waals surface area contributed by atoms with Crippen molar-refractivity contribution in [2.45, 2.75) is 53.4 Å². The lowest BCUT2D eigenvalue weighted by molar-refractivity contribution is -0.130. The third-order valence-corrected chi connectivity index (χ3v) is 3.07. The van der Waals surface area contributed by atoms with Gasteiger partial charge in [-0.15, -0.1) is 0 Å². The predicted octanol–water partition coefficient (Wildman–Crippen LogP) is 2.12. The van der Waals surface area contributed by atoms with Crippen molar-refractivity contribution in [2.75, 3.05) is 40.3 Å². The maximum Gasteiger partial charge on any atom is 0.222 e. The fourth-order valence-electron chi connectivity index (χ4n) is 1.67. The molecule has 0 rings (SSSR count). The molecule has 5 nitrogen and oxygen atoms in total. The molecule has 126 valence electrons. The lowest BCUT2D eigenvalue weighted by Crippen LogP contribution is -2.33. The summed E-state index contributed by atoms with van der Waals surface area (Å²) in [6.45, 7) is 11.6. The monoisotopic (exact) mass is 301 g/mol. The number of amides is 2. The highest BCUT2D eigenvalue weighted by atomic mass is 16.2. The predicted molar refractivity (Wildman–Crippen MR) is 89.3 cm³/mol. The molecule has 0 saturated carbocycles. The lowest BCUT2D eigenvalue weighted by atomic mass is 10.4. The SMILES string of the molecule is CCCN(C)C(=O)CC.CCCNCCN(C)C(=O)CC. The fraction of sp³-hybridized carbons (Fsp3) is 0.875. The minimum Gasteiger partial charge on any atom is -0.346 e. The normalized spacial score (nSPS) is 9.62. The number of nitrogens with zero attached hydrogens (tertiary/aromatic N) is 2. The summed E-state index contributed by atoms with van der Waals surface area (Å²) in [4.78, 5) is 25.4. The Bertz CT molecular complexity index is 270. The van der Waals surface area contributed by atoms with Gasteiger partial charge in [-0.05, 0) is 19.4 Å². The molecule has 0 atom stereocenters. The first kappa shape index (κ1) is 22.2. The summed E-state index contributed by atoms with van der Waals surface area (Å²) in [5.41, 5.74) is 0. The van der Waals surface area contributed by atoms with E-state index in [-0.39, 0.29) is 11.8 Å². The second kappa shape index (κ2) is 15.3. The van der Waals surface area contributed by atoms with Gasteiger partial charge in [0.25, 0.3) is 0 Å². The van der Waals surface area contributed by atoms with E-state index in [2.05, 4.69) is 19.2 Å². The van der Waals surface area contributed by atoms with E-state index >= 15 is 0 Å². The molecule has 21 heavy (non-hydrogen) atoms. The van der Waals surface area contributed by atoms with E-state index in [4.69, 9.17) is 0 Å². The van der Waals surface area contributed by atoms with Gasteiger partial charge in [-0.3, -0.25) is 9.59 Å². The molecule has 0 aromatic rings. The zero-order valence-electron chi connectivity index (χ0n) is 14.9. The molecule has 0 aromatic carbocycles. The quantitative estimate of drug-likeness (QED) is 0.664. The third kappa shape index (κ3) is 13.6. The van der Waals surface area contributed by atoms with Crippen molar-refractivity contribution >= 4 is 11.8 Å². The van der Waals surface area contributed by atoms with Crippen molar-refractivity contribution in [3.05, 3.63) is 0 Å². The maximum atomic E-state index is 11.1. The highest BCUT2D eigenvalue weighted by molar-refractivity contribution is 5.75. The van der Waals surface area contributed by atoms with Gasteiger partial charge in [0.05, 0.1) is 0 Å². The summed E-state index contributed by atoms with van der Waals surface area (Å²) in [6.07, 6.45) is 3.41. The van der Waals surface area contributed by atoms with Crippen molar-refractivity contribution in [1.29, 1.82) is 0 Å². The van der Waals surface area contributed by atoms with E-state index in [1.807, 2.05) is 27.9 Å². The topological polar surface area (TPSA) is 52.7 Å². The zero-order chi connectivity index (χ0) is 16.7. The van der Waals surface area contributed by atoms with Crippen LogP contribution in [0, 0.1) is 0 Å². The van der Waals surface area contributed by atoms with Gasteiger partial charge in [0.1, 0.15) is 0 Å². The van der Waals surface area contributed by atoms with E-state index < -0.39 is 0 Å². The Hall–Kier alpha value is -1.10. The van der Waals surface area contributed by atoms with Crippen LogP contribution in [-0.4, -0.2) is 61.9 Å². The van der Waals surface area contributed by atoms with Crippen LogP contribution in [0.1, 0.15) is 53.4 Å². The third-order valence-electron chi connectivity index (χ3n) is 3.07. The zero-order valence-corrected chi connectivity index (χ0v) is 14.9. The number of likely N-dealkylation sites (N-methyl/N-ethyl adjacent to an activating group) is 1. The number of hydrogen-bond acceptors (Lipinski definition) is 3. The highest BCUT2D eigenvalue weighted by Crippen LogP contribution is 1.90. The molecule has 1 N–H and O–H groups in total. The summed E-state index contributed by atoms with van der Waals surface area (Å²) in [5.74, 6) is 0.449. The van der Waals surface area contributed by atoms with E-state index in [1.165, 1.54) is 0 Å². The summed E-state index contributed by atoms with van der Waals surface area (Å²) in [7, 11) is 3.69. The van der Waals surface area contributed by atoms with Gasteiger partial charge in [0.15, 0.2) is 0 Å². The molecule has 0 saturated heterocycles. The van der Waals surface area contributed by atoms with Crippen LogP contribution in [0.15, 0.2) is 0 Å². The molecule has 0 heterocycles. The second-order valence-corrected chi connectivity index (χ2v) is 5.09. The molecule has 0 fully saturated rings. The number of carbonyl (C=O) groups excluding carboxylic acids is 2. The first-order valence-electron chi connectivity index (χ1n) is 8.12. The average Bonchev–Trinajstić information content (AvgIpc) is 2.50. The van der Waals surface area contributed by atoms with Crippen molar-refractivity contribution in [3.8, 4) is 0 Å². The minimum absolute atomic E-state index is 0.216. The Morgan fingerprint density at radius 2 is 1.24 bits per heavy atom. The van der Waals surface area contributed by atoms with Crippen LogP contribution in [0.2, 0.25) is 0 Å². The number of hydrogen-bond donors (Lipinski definition) is 1. The van der Waals surface area contributed by atoms with Crippen molar-refractivity contribution in [1.82, 2.24) is 15.1 Å². The Labute approximate surface area is 131 Å².